The van der Waals surface area contributed by atoms with E-state index in [4.69, 9.17) is 4.74 Å². The Morgan fingerprint density at radius 2 is 1.90 bits per heavy atom. The number of ether oxygens (including phenoxy) is 1. The van der Waals surface area contributed by atoms with Crippen molar-refractivity contribution in [3.8, 4) is 5.75 Å². The number of amides is 1. The Morgan fingerprint density at radius 3 is 2.65 bits per heavy atom. The molecule has 0 saturated carbocycles. The van der Waals surface area contributed by atoms with Crippen molar-refractivity contribution in [2.45, 2.75) is 13.3 Å². The molecule has 0 radical (unpaired) electrons. The molecule has 0 heterocycles. The van der Waals surface area contributed by atoms with Crippen LogP contribution in [0.2, 0.25) is 0 Å². The fraction of sp³-hybridized carbons (Fsp3) is 0.235. The van der Waals surface area contributed by atoms with Crippen molar-refractivity contribution in [3.05, 3.63) is 65.7 Å². The number of carbonyl (C=O) groups excluding carboxylic acids is 1. The van der Waals surface area contributed by atoms with Crippen LogP contribution >= 0.6 is 0 Å². The van der Waals surface area contributed by atoms with E-state index in [1.165, 1.54) is 0 Å². The van der Waals surface area contributed by atoms with Crippen LogP contribution in [0.4, 0.5) is 0 Å². The molecule has 2 aromatic rings. The Bertz CT molecular complexity index is 552. The first-order chi connectivity index (χ1) is 9.75. The zero-order valence-corrected chi connectivity index (χ0v) is 11.6. The second kappa shape index (κ2) is 7.34. The summed E-state index contributed by atoms with van der Waals surface area (Å²) in [4.78, 5) is 11.9. The Labute approximate surface area is 119 Å². The summed E-state index contributed by atoms with van der Waals surface area (Å²) in [5, 5.41) is 2.89. The molecular weight excluding hydrogens is 250 g/mol. The van der Waals surface area contributed by atoms with Crippen LogP contribution in [0.15, 0.2) is 54.6 Å². The highest BCUT2D eigenvalue weighted by atomic mass is 16.5. The Kier molecular flexibility index (Phi) is 5.18. The predicted molar refractivity (Wildman–Crippen MR) is 80.1 cm³/mol. The molecule has 3 heteroatoms. The fourth-order valence-corrected chi connectivity index (χ4v) is 1.87. The number of aryl methyl sites for hydroxylation is 1. The van der Waals surface area contributed by atoms with Crippen LogP contribution in [-0.4, -0.2) is 19.1 Å². The first-order valence-corrected chi connectivity index (χ1v) is 6.78. The van der Waals surface area contributed by atoms with Gasteiger partial charge in [-0.15, -0.1) is 0 Å². The molecule has 0 aliphatic rings. The lowest BCUT2D eigenvalue weighted by atomic mass is 10.1. The number of carbonyl (C=O) groups is 1. The third-order valence-corrected chi connectivity index (χ3v) is 2.90. The van der Waals surface area contributed by atoms with E-state index in [1.54, 1.807) is 0 Å². The van der Waals surface area contributed by atoms with Crippen LogP contribution < -0.4 is 10.1 Å². The highest BCUT2D eigenvalue weighted by molar-refractivity contribution is 5.94. The summed E-state index contributed by atoms with van der Waals surface area (Å²) in [7, 11) is 0. The topological polar surface area (TPSA) is 38.3 Å². The number of para-hydroxylation sites is 1. The third-order valence-electron chi connectivity index (χ3n) is 2.90. The van der Waals surface area contributed by atoms with Gasteiger partial charge in [0.05, 0.1) is 6.61 Å². The predicted octanol–water partition coefficient (Wildman–Crippen LogP) is 3.19. The van der Waals surface area contributed by atoms with E-state index in [-0.39, 0.29) is 5.91 Å². The maximum Gasteiger partial charge on any atom is 0.251 e. The van der Waals surface area contributed by atoms with Crippen LogP contribution in [0.25, 0.3) is 0 Å². The number of rotatable bonds is 6. The van der Waals surface area contributed by atoms with E-state index in [0.717, 1.165) is 17.7 Å². The monoisotopic (exact) mass is 269 g/mol. The molecule has 20 heavy (non-hydrogen) atoms. The highest BCUT2D eigenvalue weighted by Crippen LogP contribution is 2.08. The summed E-state index contributed by atoms with van der Waals surface area (Å²) >= 11 is 0. The standard InChI is InChI=1S/C17H19NO2/c1-14-7-5-8-15(13-14)17(19)18-11-6-12-20-16-9-3-2-4-10-16/h2-5,7-10,13H,6,11-12H2,1H3,(H,18,19). The van der Waals surface area contributed by atoms with Gasteiger partial charge in [-0.25, -0.2) is 0 Å². The van der Waals surface area contributed by atoms with E-state index in [9.17, 15) is 4.79 Å². The van der Waals surface area contributed by atoms with E-state index in [0.29, 0.717) is 18.7 Å². The van der Waals surface area contributed by atoms with Crippen molar-refractivity contribution in [1.29, 1.82) is 0 Å². The van der Waals surface area contributed by atoms with Gasteiger partial charge in [0.2, 0.25) is 0 Å². The van der Waals surface area contributed by atoms with Gasteiger partial charge in [-0.3, -0.25) is 4.79 Å². The molecule has 1 amide bonds. The lowest BCUT2D eigenvalue weighted by molar-refractivity contribution is 0.0951. The molecule has 2 aromatic carbocycles. The summed E-state index contributed by atoms with van der Waals surface area (Å²) in [5.74, 6) is 0.825. The number of hydrogen-bond donors (Lipinski definition) is 1. The second-order valence-electron chi connectivity index (χ2n) is 4.64. The second-order valence-corrected chi connectivity index (χ2v) is 4.64. The number of nitrogens with one attached hydrogen (secondary N) is 1. The van der Waals surface area contributed by atoms with Gasteiger partial charge in [0.15, 0.2) is 0 Å². The number of hydrogen-bond acceptors (Lipinski definition) is 2. The van der Waals surface area contributed by atoms with Gasteiger partial charge in [-0.1, -0.05) is 35.9 Å². The van der Waals surface area contributed by atoms with Crippen molar-refractivity contribution >= 4 is 5.91 Å². The molecule has 3 nitrogen and oxygen atoms in total. The van der Waals surface area contributed by atoms with Crippen LogP contribution in [-0.2, 0) is 0 Å². The molecule has 0 bridgehead atoms. The molecule has 1 N–H and O–H groups in total. The molecule has 104 valence electrons. The Hall–Kier alpha value is -2.29. The van der Waals surface area contributed by atoms with Crippen molar-refractivity contribution in [2.75, 3.05) is 13.2 Å². The molecule has 0 spiro atoms. The zero-order valence-electron chi connectivity index (χ0n) is 11.6. The normalized spacial score (nSPS) is 10.1. The van der Waals surface area contributed by atoms with Crippen LogP contribution in [0, 0.1) is 6.92 Å². The van der Waals surface area contributed by atoms with E-state index in [1.807, 2.05) is 61.5 Å². The lowest BCUT2D eigenvalue weighted by Gasteiger charge is -2.07. The maximum absolute atomic E-state index is 11.9. The third kappa shape index (κ3) is 4.43. The fourth-order valence-electron chi connectivity index (χ4n) is 1.87. The summed E-state index contributed by atoms with van der Waals surface area (Å²) in [6.07, 6.45) is 0.784. The minimum atomic E-state index is -0.0339. The molecule has 0 saturated heterocycles. The van der Waals surface area contributed by atoms with Gasteiger partial charge in [0.25, 0.3) is 5.91 Å². The Balaban J connectivity index is 1.67. The SMILES string of the molecule is Cc1cccc(C(=O)NCCCOc2ccccc2)c1. The van der Waals surface area contributed by atoms with Crippen molar-refractivity contribution < 1.29 is 9.53 Å². The molecule has 0 atom stereocenters. The average molecular weight is 269 g/mol. The average Bonchev–Trinajstić information content (AvgIpc) is 2.48. The smallest absolute Gasteiger partial charge is 0.251 e. The van der Waals surface area contributed by atoms with Crippen LogP contribution in [0.5, 0.6) is 5.75 Å². The van der Waals surface area contributed by atoms with Crippen LogP contribution in [0.1, 0.15) is 22.3 Å². The summed E-state index contributed by atoms with van der Waals surface area (Å²) < 4.78 is 5.56. The lowest BCUT2D eigenvalue weighted by Crippen LogP contribution is -2.25. The largest absolute Gasteiger partial charge is 0.494 e. The Morgan fingerprint density at radius 1 is 1.10 bits per heavy atom. The molecular formula is C17H19NO2. The summed E-state index contributed by atoms with van der Waals surface area (Å²) in [5.41, 5.74) is 1.79. The molecule has 2 rings (SSSR count). The van der Waals surface area contributed by atoms with Gasteiger partial charge >= 0.3 is 0 Å². The van der Waals surface area contributed by atoms with Gasteiger partial charge < -0.3 is 10.1 Å². The molecule has 0 aromatic heterocycles. The van der Waals surface area contributed by atoms with Gasteiger partial charge in [0.1, 0.15) is 5.75 Å². The minimum absolute atomic E-state index is 0.0339. The van der Waals surface area contributed by atoms with Crippen molar-refractivity contribution in [3.63, 3.8) is 0 Å². The molecule has 0 aliphatic carbocycles. The number of benzene rings is 2. The van der Waals surface area contributed by atoms with Crippen LogP contribution in [0.3, 0.4) is 0 Å². The highest BCUT2D eigenvalue weighted by Gasteiger charge is 2.04. The summed E-state index contributed by atoms with van der Waals surface area (Å²) in [6.45, 7) is 3.18. The minimum Gasteiger partial charge on any atom is -0.494 e. The van der Waals surface area contributed by atoms with Crippen molar-refractivity contribution in [1.82, 2.24) is 5.32 Å². The van der Waals surface area contributed by atoms with Crippen molar-refractivity contribution in [2.24, 2.45) is 0 Å². The summed E-state index contributed by atoms with van der Waals surface area (Å²) in [6, 6.07) is 17.3. The van der Waals surface area contributed by atoms with E-state index < -0.39 is 0 Å². The first kappa shape index (κ1) is 14.1. The zero-order chi connectivity index (χ0) is 14.2. The maximum atomic E-state index is 11.9. The van der Waals surface area contributed by atoms with Gasteiger partial charge in [-0.2, -0.15) is 0 Å². The van der Waals surface area contributed by atoms with E-state index in [2.05, 4.69) is 5.32 Å². The van der Waals surface area contributed by atoms with E-state index >= 15 is 0 Å². The van der Waals surface area contributed by atoms with Gasteiger partial charge in [-0.05, 0) is 37.6 Å². The molecule has 0 unspecified atom stereocenters. The quantitative estimate of drug-likeness (QED) is 0.818. The first-order valence-electron chi connectivity index (χ1n) is 6.78. The molecule has 0 fully saturated rings. The van der Waals surface area contributed by atoms with Gasteiger partial charge in [0, 0.05) is 12.1 Å². The molecule has 0 aliphatic heterocycles.